The van der Waals surface area contributed by atoms with Gasteiger partial charge in [-0.15, -0.1) is 0 Å². The van der Waals surface area contributed by atoms with Crippen LogP contribution in [0.1, 0.15) is 11.1 Å². The minimum absolute atomic E-state index is 0.0985. The van der Waals surface area contributed by atoms with Gasteiger partial charge in [-0.25, -0.2) is 8.42 Å². The van der Waals surface area contributed by atoms with Gasteiger partial charge in [-0.3, -0.25) is 4.79 Å². The maximum atomic E-state index is 13.0. The molecule has 1 fully saturated rings. The molecule has 0 radical (unpaired) electrons. The third-order valence-electron chi connectivity index (χ3n) is 4.60. The molecule has 2 aromatic carbocycles. The average Bonchev–Trinajstić information content (AvgIpc) is 2.72. The molecule has 5 nitrogen and oxygen atoms in total. The quantitative estimate of drug-likeness (QED) is 0.708. The molecule has 0 bridgehead atoms. The Morgan fingerprint density at radius 2 is 1.48 bits per heavy atom. The Hall–Kier alpha value is -2.65. The van der Waals surface area contributed by atoms with Crippen LogP contribution in [0, 0.1) is 0 Å². The highest BCUT2D eigenvalue weighted by molar-refractivity contribution is 7.89. The van der Waals surface area contributed by atoms with Gasteiger partial charge < -0.3 is 4.90 Å². The van der Waals surface area contributed by atoms with Crippen LogP contribution in [0.25, 0.3) is 6.08 Å². The predicted octanol–water partition coefficient (Wildman–Crippen LogP) is 3.25. The van der Waals surface area contributed by atoms with Crippen molar-refractivity contribution in [2.45, 2.75) is 11.1 Å². The second-order valence-corrected chi connectivity index (χ2v) is 8.40. The molecule has 3 rings (SSSR count). The highest BCUT2D eigenvalue weighted by Gasteiger charge is 2.32. The zero-order valence-corrected chi connectivity index (χ0v) is 16.2. The minimum atomic E-state index is -4.51. The SMILES string of the molecule is O=C(/C=C/c1ccccc1C(F)(F)F)N1CCN(S(=O)(=O)c2ccccc2)CC1. The van der Waals surface area contributed by atoms with Crippen LogP contribution in [0.3, 0.4) is 0 Å². The van der Waals surface area contributed by atoms with E-state index in [1.807, 2.05) is 0 Å². The lowest BCUT2D eigenvalue weighted by atomic mass is 10.1. The standard InChI is InChI=1S/C20H19F3N2O3S/c21-20(22,23)18-9-5-4-6-16(18)10-11-19(26)24-12-14-25(15-13-24)29(27,28)17-7-2-1-3-8-17/h1-11H,12-15H2/b11-10+. The number of piperazine rings is 1. The summed E-state index contributed by atoms with van der Waals surface area (Å²) in [6.07, 6.45) is -2.29. The van der Waals surface area contributed by atoms with Crippen LogP contribution in [-0.4, -0.2) is 49.7 Å². The number of nitrogens with zero attached hydrogens (tertiary/aromatic N) is 2. The van der Waals surface area contributed by atoms with Crippen molar-refractivity contribution in [2.24, 2.45) is 0 Å². The first-order valence-electron chi connectivity index (χ1n) is 8.88. The Morgan fingerprint density at radius 3 is 2.10 bits per heavy atom. The molecule has 154 valence electrons. The summed E-state index contributed by atoms with van der Waals surface area (Å²) in [5.41, 5.74) is -0.915. The fourth-order valence-electron chi connectivity index (χ4n) is 3.06. The van der Waals surface area contributed by atoms with Crippen LogP contribution in [0.5, 0.6) is 0 Å². The van der Waals surface area contributed by atoms with Gasteiger partial charge in [0.1, 0.15) is 0 Å². The summed E-state index contributed by atoms with van der Waals surface area (Å²) in [6, 6.07) is 13.0. The summed E-state index contributed by atoms with van der Waals surface area (Å²) in [7, 11) is -3.64. The van der Waals surface area contributed by atoms with Crippen molar-refractivity contribution in [3.63, 3.8) is 0 Å². The Kier molecular flexibility index (Phi) is 6.09. The molecule has 1 aliphatic heterocycles. The number of rotatable bonds is 4. The lowest BCUT2D eigenvalue weighted by molar-refractivity contribution is -0.137. The molecule has 0 unspecified atom stereocenters. The van der Waals surface area contributed by atoms with E-state index in [1.54, 1.807) is 18.2 Å². The minimum Gasteiger partial charge on any atom is -0.337 e. The molecule has 0 aliphatic carbocycles. The van der Waals surface area contributed by atoms with E-state index >= 15 is 0 Å². The monoisotopic (exact) mass is 424 g/mol. The molecule has 0 spiro atoms. The van der Waals surface area contributed by atoms with Crippen LogP contribution < -0.4 is 0 Å². The first-order chi connectivity index (χ1) is 13.7. The van der Waals surface area contributed by atoms with Gasteiger partial charge in [0, 0.05) is 32.3 Å². The highest BCUT2D eigenvalue weighted by atomic mass is 32.2. The van der Waals surface area contributed by atoms with Crippen molar-refractivity contribution in [2.75, 3.05) is 26.2 Å². The molecule has 29 heavy (non-hydrogen) atoms. The molecule has 1 saturated heterocycles. The summed E-state index contributed by atoms with van der Waals surface area (Å²) >= 11 is 0. The number of amides is 1. The van der Waals surface area contributed by atoms with Gasteiger partial charge in [-0.1, -0.05) is 36.4 Å². The first kappa shape index (κ1) is 21.1. The lowest BCUT2D eigenvalue weighted by Gasteiger charge is -2.33. The molecule has 1 heterocycles. The van der Waals surface area contributed by atoms with E-state index in [-0.39, 0.29) is 36.6 Å². The van der Waals surface area contributed by atoms with Crippen LogP contribution in [-0.2, 0) is 21.0 Å². The molecular formula is C20H19F3N2O3S. The van der Waals surface area contributed by atoms with E-state index in [0.717, 1.165) is 18.2 Å². The summed E-state index contributed by atoms with van der Waals surface area (Å²) in [6.45, 7) is 0.568. The van der Waals surface area contributed by atoms with E-state index in [1.165, 1.54) is 39.5 Å². The molecule has 1 amide bonds. The van der Waals surface area contributed by atoms with Gasteiger partial charge in [-0.05, 0) is 29.8 Å². The molecule has 1 aliphatic rings. The smallest absolute Gasteiger partial charge is 0.337 e. The Bertz CT molecular complexity index is 997. The van der Waals surface area contributed by atoms with Gasteiger partial charge in [0.25, 0.3) is 0 Å². The topological polar surface area (TPSA) is 57.7 Å². The van der Waals surface area contributed by atoms with Crippen molar-refractivity contribution in [3.8, 4) is 0 Å². The largest absolute Gasteiger partial charge is 0.416 e. The van der Waals surface area contributed by atoms with Crippen molar-refractivity contribution in [1.82, 2.24) is 9.21 Å². The molecule has 9 heteroatoms. The predicted molar refractivity (Wildman–Crippen MR) is 102 cm³/mol. The van der Waals surface area contributed by atoms with Crippen molar-refractivity contribution < 1.29 is 26.4 Å². The number of halogens is 3. The number of hydrogen-bond donors (Lipinski definition) is 0. The second kappa shape index (κ2) is 8.38. The Balaban J connectivity index is 1.65. The van der Waals surface area contributed by atoms with E-state index in [0.29, 0.717) is 0 Å². The van der Waals surface area contributed by atoms with E-state index in [4.69, 9.17) is 0 Å². The van der Waals surface area contributed by atoms with E-state index in [2.05, 4.69) is 0 Å². The zero-order chi connectivity index (χ0) is 21.1. The van der Waals surface area contributed by atoms with Gasteiger partial charge in [0.15, 0.2) is 0 Å². The number of carbonyl (C=O) groups excluding carboxylic acids is 1. The van der Waals surface area contributed by atoms with Crippen LogP contribution in [0.4, 0.5) is 13.2 Å². The molecule has 0 atom stereocenters. The summed E-state index contributed by atoms with van der Waals surface area (Å²) in [4.78, 5) is 14.0. The normalized spacial score (nSPS) is 16.3. The van der Waals surface area contributed by atoms with Gasteiger partial charge >= 0.3 is 6.18 Å². The number of sulfonamides is 1. The number of benzene rings is 2. The van der Waals surface area contributed by atoms with Crippen molar-refractivity contribution in [1.29, 1.82) is 0 Å². The summed E-state index contributed by atoms with van der Waals surface area (Å²) in [5.74, 6) is -0.460. The molecule has 2 aromatic rings. The highest BCUT2D eigenvalue weighted by Crippen LogP contribution is 2.32. The van der Waals surface area contributed by atoms with E-state index in [9.17, 15) is 26.4 Å². The molecule has 0 saturated carbocycles. The zero-order valence-electron chi connectivity index (χ0n) is 15.3. The molecular weight excluding hydrogens is 405 g/mol. The number of alkyl halides is 3. The van der Waals surface area contributed by atoms with Crippen LogP contribution >= 0.6 is 0 Å². The van der Waals surface area contributed by atoms with Gasteiger partial charge in [-0.2, -0.15) is 17.5 Å². The molecule has 0 N–H and O–H groups in total. The maximum Gasteiger partial charge on any atom is 0.416 e. The third kappa shape index (κ3) is 4.86. The number of carbonyl (C=O) groups is 1. The first-order valence-corrected chi connectivity index (χ1v) is 10.3. The summed E-state index contributed by atoms with van der Waals surface area (Å²) in [5, 5.41) is 0. The fourth-order valence-corrected chi connectivity index (χ4v) is 4.50. The van der Waals surface area contributed by atoms with E-state index < -0.39 is 27.7 Å². The maximum absolute atomic E-state index is 13.0. The van der Waals surface area contributed by atoms with Crippen LogP contribution in [0.15, 0.2) is 65.6 Å². The van der Waals surface area contributed by atoms with Gasteiger partial charge in [0.2, 0.25) is 15.9 Å². The van der Waals surface area contributed by atoms with Gasteiger partial charge in [0.05, 0.1) is 10.5 Å². The van der Waals surface area contributed by atoms with Crippen molar-refractivity contribution >= 4 is 22.0 Å². The third-order valence-corrected chi connectivity index (χ3v) is 6.52. The molecule has 0 aromatic heterocycles. The Morgan fingerprint density at radius 1 is 0.897 bits per heavy atom. The number of hydrogen-bond acceptors (Lipinski definition) is 3. The Labute approximate surface area is 167 Å². The second-order valence-electron chi connectivity index (χ2n) is 6.46. The fraction of sp³-hybridized carbons (Fsp3) is 0.250. The average molecular weight is 424 g/mol. The van der Waals surface area contributed by atoms with Crippen molar-refractivity contribution in [3.05, 3.63) is 71.8 Å². The van der Waals surface area contributed by atoms with Crippen LogP contribution in [0.2, 0.25) is 0 Å². The summed E-state index contributed by atoms with van der Waals surface area (Å²) < 4.78 is 65.6. The lowest BCUT2D eigenvalue weighted by Crippen LogP contribution is -2.50.